The van der Waals surface area contributed by atoms with Crippen molar-refractivity contribution in [2.45, 2.75) is 0 Å². The van der Waals surface area contributed by atoms with Crippen LogP contribution in [-0.2, 0) is 4.74 Å². The van der Waals surface area contributed by atoms with E-state index >= 15 is 0 Å². The van der Waals surface area contributed by atoms with Gasteiger partial charge >= 0.3 is 5.97 Å². The second kappa shape index (κ2) is 7.84. The Labute approximate surface area is 154 Å². The first kappa shape index (κ1) is 17.7. The molecule has 3 aromatic rings. The van der Waals surface area contributed by atoms with Crippen LogP contribution in [0.3, 0.4) is 0 Å². The van der Waals surface area contributed by atoms with Crippen LogP contribution in [0.2, 0.25) is 5.02 Å². The number of aromatic nitrogens is 1. The van der Waals surface area contributed by atoms with Crippen LogP contribution in [0.15, 0.2) is 59.3 Å². The molecule has 7 heteroatoms. The van der Waals surface area contributed by atoms with E-state index < -0.39 is 11.8 Å². The highest BCUT2D eigenvalue weighted by Gasteiger charge is 2.26. The van der Waals surface area contributed by atoms with E-state index in [1.165, 1.54) is 31.4 Å². The third kappa shape index (κ3) is 3.60. The standard InChI is InChI=1S/C19H14ClFN2O3/c1-25-19(24)17-15(10-11-22-12-6-3-2-4-7-12)26-23-18(17)16-13(20)8-5-9-14(16)21/h2-11,22H,1H3. The summed E-state index contributed by atoms with van der Waals surface area (Å²) in [5, 5.41) is 6.96. The van der Waals surface area contributed by atoms with Crippen molar-refractivity contribution in [3.05, 3.63) is 76.9 Å². The van der Waals surface area contributed by atoms with Crippen LogP contribution in [0.4, 0.5) is 10.1 Å². The summed E-state index contributed by atoms with van der Waals surface area (Å²) < 4.78 is 24.2. The molecule has 3 rings (SSSR count). The Balaban J connectivity index is 1.99. The highest BCUT2D eigenvalue weighted by Crippen LogP contribution is 2.34. The Morgan fingerprint density at radius 2 is 2.00 bits per heavy atom. The van der Waals surface area contributed by atoms with E-state index in [2.05, 4.69) is 10.5 Å². The first-order valence-electron chi connectivity index (χ1n) is 7.62. The monoisotopic (exact) mass is 372 g/mol. The average molecular weight is 373 g/mol. The molecular weight excluding hydrogens is 359 g/mol. The van der Waals surface area contributed by atoms with Gasteiger partial charge in [0, 0.05) is 18.0 Å². The zero-order chi connectivity index (χ0) is 18.5. The summed E-state index contributed by atoms with van der Waals surface area (Å²) in [6.45, 7) is 0. The molecule has 0 radical (unpaired) electrons. The number of rotatable bonds is 5. The number of carbonyl (C=O) groups excluding carboxylic acids is 1. The molecule has 0 unspecified atom stereocenters. The largest absolute Gasteiger partial charge is 0.465 e. The van der Waals surface area contributed by atoms with E-state index in [-0.39, 0.29) is 27.6 Å². The first-order chi connectivity index (χ1) is 12.6. The second-order valence-electron chi connectivity index (χ2n) is 5.20. The third-order valence-electron chi connectivity index (χ3n) is 3.57. The van der Waals surface area contributed by atoms with E-state index in [0.29, 0.717) is 0 Å². The van der Waals surface area contributed by atoms with Crippen molar-refractivity contribution >= 4 is 29.3 Å². The molecule has 0 amide bonds. The van der Waals surface area contributed by atoms with Crippen LogP contribution in [0.5, 0.6) is 0 Å². The first-order valence-corrected chi connectivity index (χ1v) is 8.00. The zero-order valence-electron chi connectivity index (χ0n) is 13.7. The number of hydrogen-bond acceptors (Lipinski definition) is 5. The molecule has 0 aliphatic rings. The number of esters is 1. The molecule has 1 N–H and O–H groups in total. The van der Waals surface area contributed by atoms with Crippen molar-refractivity contribution in [1.82, 2.24) is 5.16 Å². The minimum atomic E-state index is -0.708. The van der Waals surface area contributed by atoms with Crippen molar-refractivity contribution in [3.8, 4) is 11.3 Å². The van der Waals surface area contributed by atoms with Gasteiger partial charge in [-0.3, -0.25) is 0 Å². The molecule has 1 aromatic heterocycles. The van der Waals surface area contributed by atoms with Gasteiger partial charge in [-0.05, 0) is 24.3 Å². The Morgan fingerprint density at radius 3 is 2.69 bits per heavy atom. The summed E-state index contributed by atoms with van der Waals surface area (Å²) in [5.41, 5.74) is 0.805. The average Bonchev–Trinajstić information content (AvgIpc) is 3.05. The molecule has 0 aliphatic heterocycles. The fourth-order valence-electron chi connectivity index (χ4n) is 2.36. The highest BCUT2D eigenvalue weighted by atomic mass is 35.5. The molecular formula is C19H14ClFN2O3. The van der Waals surface area contributed by atoms with E-state index in [4.69, 9.17) is 20.9 Å². The number of para-hydroxylation sites is 1. The quantitative estimate of drug-likeness (QED) is 0.638. The maximum absolute atomic E-state index is 14.2. The zero-order valence-corrected chi connectivity index (χ0v) is 14.5. The molecule has 26 heavy (non-hydrogen) atoms. The van der Waals surface area contributed by atoms with E-state index in [1.54, 1.807) is 6.20 Å². The molecule has 0 saturated heterocycles. The van der Waals surface area contributed by atoms with Gasteiger partial charge in [-0.2, -0.15) is 0 Å². The number of hydrogen-bond donors (Lipinski definition) is 1. The molecule has 132 valence electrons. The maximum Gasteiger partial charge on any atom is 0.344 e. The number of carbonyl (C=O) groups is 1. The third-order valence-corrected chi connectivity index (χ3v) is 3.88. The molecule has 0 bridgehead atoms. The Hall–Kier alpha value is -3.12. The molecule has 0 saturated carbocycles. The topological polar surface area (TPSA) is 64.4 Å². The fourth-order valence-corrected chi connectivity index (χ4v) is 2.61. The maximum atomic E-state index is 14.2. The number of benzene rings is 2. The van der Waals surface area contributed by atoms with Gasteiger partial charge in [0.05, 0.1) is 17.7 Å². The molecule has 0 aliphatic carbocycles. The summed E-state index contributed by atoms with van der Waals surface area (Å²) in [4.78, 5) is 12.2. The van der Waals surface area contributed by atoms with Crippen LogP contribution in [0.1, 0.15) is 16.1 Å². The normalized spacial score (nSPS) is 10.9. The van der Waals surface area contributed by atoms with Crippen molar-refractivity contribution in [2.24, 2.45) is 0 Å². The number of anilines is 1. The minimum absolute atomic E-state index is 0.00869. The number of ether oxygens (including phenoxy) is 1. The molecule has 1 heterocycles. The van der Waals surface area contributed by atoms with Crippen LogP contribution in [0.25, 0.3) is 17.3 Å². The predicted molar refractivity (Wildman–Crippen MR) is 97.3 cm³/mol. The number of nitrogens with zero attached hydrogens (tertiary/aromatic N) is 1. The van der Waals surface area contributed by atoms with E-state index in [9.17, 15) is 9.18 Å². The summed E-state index contributed by atoms with van der Waals surface area (Å²) in [6.07, 6.45) is 3.08. The lowest BCUT2D eigenvalue weighted by atomic mass is 10.1. The predicted octanol–water partition coefficient (Wildman–Crippen LogP) is 5.00. The molecule has 5 nitrogen and oxygen atoms in total. The smallest absolute Gasteiger partial charge is 0.344 e. The van der Waals surface area contributed by atoms with E-state index in [0.717, 1.165) is 5.69 Å². The minimum Gasteiger partial charge on any atom is -0.465 e. The van der Waals surface area contributed by atoms with Gasteiger partial charge in [0.1, 0.15) is 17.1 Å². The summed E-state index contributed by atoms with van der Waals surface area (Å²) in [6, 6.07) is 13.6. The number of nitrogens with one attached hydrogen (secondary N) is 1. The van der Waals surface area contributed by atoms with Gasteiger partial charge < -0.3 is 14.6 Å². The Bertz CT molecular complexity index is 934. The summed E-state index contributed by atoms with van der Waals surface area (Å²) >= 11 is 6.07. The van der Waals surface area contributed by atoms with Crippen molar-refractivity contribution < 1.29 is 18.4 Å². The molecule has 0 atom stereocenters. The SMILES string of the molecule is COC(=O)c1c(-c2c(F)cccc2Cl)noc1C=CNc1ccccc1. The van der Waals surface area contributed by atoms with Gasteiger partial charge in [0.15, 0.2) is 5.76 Å². The number of halogens is 2. The number of methoxy groups -OCH3 is 1. The highest BCUT2D eigenvalue weighted by molar-refractivity contribution is 6.33. The van der Waals surface area contributed by atoms with Gasteiger partial charge in [0.25, 0.3) is 0 Å². The Morgan fingerprint density at radius 1 is 1.23 bits per heavy atom. The van der Waals surface area contributed by atoms with Crippen LogP contribution < -0.4 is 5.32 Å². The van der Waals surface area contributed by atoms with Crippen LogP contribution in [-0.4, -0.2) is 18.2 Å². The summed E-state index contributed by atoms with van der Waals surface area (Å²) in [5.74, 6) is -1.21. The summed E-state index contributed by atoms with van der Waals surface area (Å²) in [7, 11) is 1.22. The lowest BCUT2D eigenvalue weighted by molar-refractivity contribution is 0.0600. The van der Waals surface area contributed by atoms with Crippen LogP contribution in [0, 0.1) is 5.82 Å². The van der Waals surface area contributed by atoms with Gasteiger partial charge in [-0.15, -0.1) is 0 Å². The van der Waals surface area contributed by atoms with E-state index in [1.807, 2.05) is 30.3 Å². The lowest BCUT2D eigenvalue weighted by Gasteiger charge is -2.04. The van der Waals surface area contributed by atoms with Gasteiger partial charge in [-0.1, -0.05) is 41.0 Å². The van der Waals surface area contributed by atoms with Crippen molar-refractivity contribution in [1.29, 1.82) is 0 Å². The van der Waals surface area contributed by atoms with Gasteiger partial charge in [0.2, 0.25) is 0 Å². The molecule has 0 fully saturated rings. The Kier molecular flexibility index (Phi) is 5.34. The second-order valence-corrected chi connectivity index (χ2v) is 5.61. The van der Waals surface area contributed by atoms with Gasteiger partial charge in [-0.25, -0.2) is 9.18 Å². The lowest BCUT2D eigenvalue weighted by Crippen LogP contribution is -2.04. The fraction of sp³-hybridized carbons (Fsp3) is 0.0526. The van der Waals surface area contributed by atoms with Crippen molar-refractivity contribution in [3.63, 3.8) is 0 Å². The molecule has 2 aromatic carbocycles. The molecule has 0 spiro atoms. The van der Waals surface area contributed by atoms with Crippen molar-refractivity contribution in [2.75, 3.05) is 12.4 Å². The van der Waals surface area contributed by atoms with Crippen LogP contribution >= 0.6 is 11.6 Å².